The summed E-state index contributed by atoms with van der Waals surface area (Å²) in [5, 5.41) is 2.97. The lowest BCUT2D eigenvalue weighted by molar-refractivity contribution is -0.126. The van der Waals surface area contributed by atoms with E-state index in [9.17, 15) is 9.18 Å². The standard InChI is InChI=1S/C16H23FN2O.ClH/c1-10-6-7-12(9-15(10)17)11(2)19-16(20)13-4-3-5-14(18)8-13;/h6-7,9,11,13-14H,3-5,8,18H2,1-2H3,(H,19,20);1H. The van der Waals surface area contributed by atoms with Crippen molar-refractivity contribution in [2.24, 2.45) is 11.7 Å². The second-order valence-corrected chi connectivity index (χ2v) is 5.86. The van der Waals surface area contributed by atoms with Gasteiger partial charge < -0.3 is 11.1 Å². The van der Waals surface area contributed by atoms with Crippen molar-refractivity contribution in [3.63, 3.8) is 0 Å². The van der Waals surface area contributed by atoms with Gasteiger partial charge in [-0.2, -0.15) is 0 Å². The van der Waals surface area contributed by atoms with Crippen molar-refractivity contribution in [1.29, 1.82) is 0 Å². The van der Waals surface area contributed by atoms with Crippen LogP contribution in [0.15, 0.2) is 18.2 Å². The molecule has 1 aliphatic carbocycles. The molecule has 3 nitrogen and oxygen atoms in total. The van der Waals surface area contributed by atoms with Crippen molar-refractivity contribution in [2.45, 2.75) is 51.6 Å². The molecular weight excluding hydrogens is 291 g/mol. The molecule has 118 valence electrons. The van der Waals surface area contributed by atoms with E-state index in [4.69, 9.17) is 5.73 Å². The van der Waals surface area contributed by atoms with Crippen molar-refractivity contribution < 1.29 is 9.18 Å². The summed E-state index contributed by atoms with van der Waals surface area (Å²) in [6.45, 7) is 3.61. The Morgan fingerprint density at radius 3 is 2.76 bits per heavy atom. The van der Waals surface area contributed by atoms with Crippen LogP contribution < -0.4 is 11.1 Å². The summed E-state index contributed by atoms with van der Waals surface area (Å²) in [6, 6.07) is 5.04. The quantitative estimate of drug-likeness (QED) is 0.900. The van der Waals surface area contributed by atoms with Crippen molar-refractivity contribution in [1.82, 2.24) is 5.32 Å². The van der Waals surface area contributed by atoms with Gasteiger partial charge in [-0.05, 0) is 50.3 Å². The Morgan fingerprint density at radius 2 is 2.14 bits per heavy atom. The third-order valence-electron chi connectivity index (χ3n) is 4.14. The third kappa shape index (κ3) is 4.68. The number of hydrogen-bond donors (Lipinski definition) is 2. The van der Waals surface area contributed by atoms with Crippen molar-refractivity contribution in [2.75, 3.05) is 0 Å². The highest BCUT2D eigenvalue weighted by molar-refractivity contribution is 5.85. The fourth-order valence-electron chi connectivity index (χ4n) is 2.76. The monoisotopic (exact) mass is 314 g/mol. The van der Waals surface area contributed by atoms with E-state index < -0.39 is 0 Å². The van der Waals surface area contributed by atoms with Crippen LogP contribution in [0.3, 0.4) is 0 Å². The Bertz CT molecular complexity index is 495. The Hall–Kier alpha value is -1.13. The summed E-state index contributed by atoms with van der Waals surface area (Å²) in [6.07, 6.45) is 3.66. The van der Waals surface area contributed by atoms with Gasteiger partial charge in [0.15, 0.2) is 0 Å². The molecule has 0 saturated heterocycles. The smallest absolute Gasteiger partial charge is 0.223 e. The van der Waals surface area contributed by atoms with E-state index in [1.54, 1.807) is 13.0 Å². The first-order valence-corrected chi connectivity index (χ1v) is 7.29. The van der Waals surface area contributed by atoms with Gasteiger partial charge in [-0.3, -0.25) is 4.79 Å². The van der Waals surface area contributed by atoms with Crippen molar-refractivity contribution in [3.05, 3.63) is 35.1 Å². The zero-order chi connectivity index (χ0) is 14.7. The summed E-state index contributed by atoms with van der Waals surface area (Å²) in [4.78, 5) is 12.2. The van der Waals surface area contributed by atoms with Crippen LogP contribution >= 0.6 is 12.4 Å². The van der Waals surface area contributed by atoms with Crippen molar-refractivity contribution >= 4 is 18.3 Å². The minimum atomic E-state index is -0.233. The molecular formula is C16H24ClFN2O. The summed E-state index contributed by atoms with van der Waals surface area (Å²) in [7, 11) is 0. The van der Waals surface area contributed by atoms with Gasteiger partial charge in [-0.1, -0.05) is 18.6 Å². The lowest BCUT2D eigenvalue weighted by Gasteiger charge is -2.27. The molecule has 0 aliphatic heterocycles. The molecule has 1 saturated carbocycles. The molecule has 0 aromatic heterocycles. The molecule has 1 aromatic carbocycles. The number of hydrogen-bond acceptors (Lipinski definition) is 2. The average molecular weight is 315 g/mol. The van der Waals surface area contributed by atoms with E-state index in [2.05, 4.69) is 5.32 Å². The van der Waals surface area contributed by atoms with E-state index in [0.29, 0.717) is 5.56 Å². The fraction of sp³-hybridized carbons (Fsp3) is 0.562. The normalized spacial score (nSPS) is 23.0. The van der Waals surface area contributed by atoms with Crippen LogP contribution in [0.2, 0.25) is 0 Å². The van der Waals surface area contributed by atoms with Crippen LogP contribution in [0.4, 0.5) is 4.39 Å². The molecule has 1 aliphatic rings. The molecule has 5 heteroatoms. The zero-order valence-corrected chi connectivity index (χ0v) is 13.4. The predicted molar refractivity (Wildman–Crippen MR) is 84.9 cm³/mol. The number of carbonyl (C=O) groups excluding carboxylic acids is 1. The summed E-state index contributed by atoms with van der Waals surface area (Å²) in [5.74, 6) is -0.201. The Morgan fingerprint density at radius 1 is 1.43 bits per heavy atom. The second kappa shape index (κ2) is 7.76. The number of rotatable bonds is 3. The molecule has 0 spiro atoms. The molecule has 0 radical (unpaired) electrons. The second-order valence-electron chi connectivity index (χ2n) is 5.86. The van der Waals surface area contributed by atoms with E-state index in [0.717, 1.165) is 31.2 Å². The lowest BCUT2D eigenvalue weighted by Crippen LogP contribution is -2.38. The molecule has 0 heterocycles. The maximum Gasteiger partial charge on any atom is 0.223 e. The Kier molecular flexibility index (Phi) is 6.62. The van der Waals surface area contributed by atoms with Gasteiger partial charge in [0, 0.05) is 12.0 Å². The molecule has 1 aromatic rings. The van der Waals surface area contributed by atoms with Gasteiger partial charge in [-0.25, -0.2) is 4.39 Å². The number of halogens is 2. The number of nitrogens with one attached hydrogen (secondary N) is 1. The number of amides is 1. The van der Waals surface area contributed by atoms with E-state index in [1.807, 2.05) is 13.0 Å². The van der Waals surface area contributed by atoms with Crippen LogP contribution in [0.25, 0.3) is 0 Å². The van der Waals surface area contributed by atoms with Gasteiger partial charge in [0.2, 0.25) is 5.91 Å². The Balaban J connectivity index is 0.00000220. The first kappa shape index (κ1) is 17.9. The molecule has 1 fully saturated rings. The summed E-state index contributed by atoms with van der Waals surface area (Å²) < 4.78 is 13.6. The maximum absolute atomic E-state index is 13.6. The van der Waals surface area contributed by atoms with Crippen molar-refractivity contribution in [3.8, 4) is 0 Å². The van der Waals surface area contributed by atoms with E-state index in [-0.39, 0.29) is 42.1 Å². The minimum Gasteiger partial charge on any atom is -0.349 e. The highest BCUT2D eigenvalue weighted by atomic mass is 35.5. The van der Waals surface area contributed by atoms with Gasteiger partial charge in [-0.15, -0.1) is 12.4 Å². The molecule has 2 rings (SSSR count). The van der Waals surface area contributed by atoms with E-state index >= 15 is 0 Å². The van der Waals surface area contributed by atoms with Crippen LogP contribution in [0.1, 0.15) is 49.8 Å². The first-order valence-electron chi connectivity index (χ1n) is 7.29. The van der Waals surface area contributed by atoms with Crippen LogP contribution in [-0.2, 0) is 4.79 Å². The molecule has 1 amide bonds. The molecule has 0 bridgehead atoms. The molecule has 3 atom stereocenters. The predicted octanol–water partition coefficient (Wildman–Crippen LogP) is 3.25. The summed E-state index contributed by atoms with van der Waals surface area (Å²) in [5.41, 5.74) is 7.32. The Labute approximate surface area is 131 Å². The molecule has 3 N–H and O–H groups in total. The SMILES string of the molecule is Cc1ccc(C(C)NC(=O)C2CCCC(N)C2)cc1F.Cl. The van der Waals surface area contributed by atoms with E-state index in [1.165, 1.54) is 6.07 Å². The largest absolute Gasteiger partial charge is 0.349 e. The topological polar surface area (TPSA) is 55.1 Å². The number of nitrogens with two attached hydrogens (primary N) is 1. The number of aryl methyl sites for hydroxylation is 1. The lowest BCUT2D eigenvalue weighted by atomic mass is 9.85. The first-order chi connectivity index (χ1) is 9.47. The van der Waals surface area contributed by atoms with Gasteiger partial charge in [0.1, 0.15) is 5.82 Å². The van der Waals surface area contributed by atoms with Gasteiger partial charge in [0.05, 0.1) is 6.04 Å². The highest BCUT2D eigenvalue weighted by Crippen LogP contribution is 2.24. The molecule has 21 heavy (non-hydrogen) atoms. The number of benzene rings is 1. The number of carbonyl (C=O) groups is 1. The third-order valence-corrected chi connectivity index (χ3v) is 4.14. The minimum absolute atomic E-state index is 0. The van der Waals surface area contributed by atoms with Gasteiger partial charge in [0.25, 0.3) is 0 Å². The zero-order valence-electron chi connectivity index (χ0n) is 12.6. The highest BCUT2D eigenvalue weighted by Gasteiger charge is 2.26. The van der Waals surface area contributed by atoms with Crippen LogP contribution in [-0.4, -0.2) is 11.9 Å². The molecule has 3 unspecified atom stereocenters. The van der Waals surface area contributed by atoms with Crippen LogP contribution in [0, 0.1) is 18.7 Å². The summed E-state index contributed by atoms with van der Waals surface area (Å²) >= 11 is 0. The fourth-order valence-corrected chi connectivity index (χ4v) is 2.76. The maximum atomic E-state index is 13.6. The average Bonchev–Trinajstić information content (AvgIpc) is 2.41. The van der Waals surface area contributed by atoms with Crippen LogP contribution in [0.5, 0.6) is 0 Å². The van der Waals surface area contributed by atoms with Gasteiger partial charge >= 0.3 is 0 Å².